The number of amides is 1. The van der Waals surface area contributed by atoms with Crippen molar-refractivity contribution in [2.24, 2.45) is 5.84 Å². The van der Waals surface area contributed by atoms with Crippen LogP contribution >= 0.6 is 0 Å². The van der Waals surface area contributed by atoms with E-state index in [0.29, 0.717) is 41.0 Å². The Morgan fingerprint density at radius 2 is 2.00 bits per heavy atom. The number of nitrogens with two attached hydrogens (primary N) is 2. The molecule has 3 heterocycles. The van der Waals surface area contributed by atoms with Crippen molar-refractivity contribution in [2.75, 3.05) is 23.0 Å². The number of nitrogen functional groups attached to an aromatic ring is 2. The molecule has 1 saturated heterocycles. The average molecular weight is 484 g/mol. The van der Waals surface area contributed by atoms with Crippen LogP contribution in [0, 0.1) is 11.3 Å². The minimum atomic E-state index is -0.00897. The average Bonchev–Trinajstić information content (AvgIpc) is 3.32. The van der Waals surface area contributed by atoms with Crippen LogP contribution in [0.1, 0.15) is 46.9 Å². The summed E-state index contributed by atoms with van der Waals surface area (Å²) in [5.41, 5.74) is 13.8. The van der Waals surface area contributed by atoms with Crippen molar-refractivity contribution >= 4 is 28.9 Å². The number of likely N-dealkylation sites (tertiary alicyclic amines) is 1. The van der Waals surface area contributed by atoms with E-state index >= 15 is 0 Å². The Morgan fingerprint density at radius 3 is 2.69 bits per heavy atom. The first-order valence-corrected chi connectivity index (χ1v) is 12.0. The predicted molar refractivity (Wildman–Crippen MR) is 138 cm³/mol. The molecule has 0 unspecified atom stereocenters. The number of hydrogen-bond acceptors (Lipinski definition) is 9. The normalized spacial score (nSPS) is 19.4. The fourth-order valence-corrected chi connectivity index (χ4v) is 5.03. The smallest absolute Gasteiger partial charge is 0.254 e. The summed E-state index contributed by atoms with van der Waals surface area (Å²) < 4.78 is 0. The van der Waals surface area contributed by atoms with Gasteiger partial charge < -0.3 is 21.4 Å². The topological polar surface area (TPSA) is 149 Å². The van der Waals surface area contributed by atoms with E-state index in [1.54, 1.807) is 30.3 Å². The fraction of sp³-hybridized carbons (Fsp3) is 0.308. The molecule has 0 aliphatic carbocycles. The van der Waals surface area contributed by atoms with Gasteiger partial charge in [-0.05, 0) is 62.2 Å². The molecule has 10 heteroatoms. The zero-order chi connectivity index (χ0) is 25.2. The lowest BCUT2D eigenvalue weighted by atomic mass is 9.96. The van der Waals surface area contributed by atoms with Crippen molar-refractivity contribution in [1.29, 1.82) is 5.26 Å². The number of nitrogens with one attached hydrogen (secondary N) is 2. The third kappa shape index (κ3) is 4.66. The Balaban J connectivity index is 1.21. The largest absolute Gasteiger partial charge is 0.397 e. The molecule has 3 aromatic rings. The highest BCUT2D eigenvalue weighted by Gasteiger charge is 2.35. The summed E-state index contributed by atoms with van der Waals surface area (Å²) in [6, 6.07) is 15.0. The number of carbonyl (C=O) groups is 1. The zero-order valence-electron chi connectivity index (χ0n) is 20.1. The van der Waals surface area contributed by atoms with Crippen molar-refractivity contribution in [3.05, 3.63) is 71.0 Å². The van der Waals surface area contributed by atoms with Crippen LogP contribution in [0.25, 0.3) is 0 Å². The number of rotatable bonds is 5. The highest BCUT2D eigenvalue weighted by atomic mass is 16.2. The van der Waals surface area contributed by atoms with Crippen LogP contribution in [0.2, 0.25) is 0 Å². The van der Waals surface area contributed by atoms with Gasteiger partial charge in [0.1, 0.15) is 0 Å². The van der Waals surface area contributed by atoms with Gasteiger partial charge in [0.25, 0.3) is 5.91 Å². The van der Waals surface area contributed by atoms with E-state index in [2.05, 4.69) is 33.6 Å². The number of hydrogen-bond donors (Lipinski definition) is 4. The maximum atomic E-state index is 13.2. The maximum Gasteiger partial charge on any atom is 0.254 e. The minimum absolute atomic E-state index is 0.00897. The Kier molecular flexibility index (Phi) is 6.41. The van der Waals surface area contributed by atoms with E-state index in [9.17, 15) is 4.79 Å². The number of anilines is 4. The summed E-state index contributed by atoms with van der Waals surface area (Å²) in [5, 5.41) is 12.2. The molecular weight excluding hydrogens is 454 g/mol. The number of benzene rings is 2. The summed E-state index contributed by atoms with van der Waals surface area (Å²) in [6.07, 6.45) is 3.67. The highest BCUT2D eigenvalue weighted by Crippen LogP contribution is 2.31. The predicted octanol–water partition coefficient (Wildman–Crippen LogP) is 2.97. The molecule has 2 aromatic carbocycles. The Labute approximate surface area is 209 Å². The second-order valence-corrected chi connectivity index (χ2v) is 9.36. The van der Waals surface area contributed by atoms with Gasteiger partial charge in [-0.1, -0.05) is 0 Å². The van der Waals surface area contributed by atoms with Gasteiger partial charge in [0, 0.05) is 54.7 Å². The lowest BCUT2D eigenvalue weighted by Crippen LogP contribution is -2.50. The first kappa shape index (κ1) is 23.5. The summed E-state index contributed by atoms with van der Waals surface area (Å²) >= 11 is 0. The van der Waals surface area contributed by atoms with Gasteiger partial charge in [0.2, 0.25) is 5.95 Å². The van der Waals surface area contributed by atoms with Crippen LogP contribution in [0.5, 0.6) is 0 Å². The molecule has 2 aliphatic heterocycles. The summed E-state index contributed by atoms with van der Waals surface area (Å²) in [7, 11) is 0. The molecule has 0 spiro atoms. The molecule has 5 rings (SSSR count). The molecule has 2 atom stereocenters. The molecule has 6 N–H and O–H groups in total. The first-order chi connectivity index (χ1) is 17.4. The van der Waals surface area contributed by atoms with Crippen molar-refractivity contribution in [1.82, 2.24) is 19.8 Å². The second kappa shape index (κ2) is 9.81. The van der Waals surface area contributed by atoms with E-state index in [-0.39, 0.29) is 11.9 Å². The lowest BCUT2D eigenvalue weighted by Gasteiger charge is -2.41. The Bertz CT molecular complexity index is 1320. The molecule has 1 fully saturated rings. The highest BCUT2D eigenvalue weighted by molar-refractivity contribution is 5.96. The fourth-order valence-electron chi connectivity index (χ4n) is 5.03. The van der Waals surface area contributed by atoms with Gasteiger partial charge in [-0.3, -0.25) is 15.5 Å². The van der Waals surface area contributed by atoms with Crippen molar-refractivity contribution < 1.29 is 4.79 Å². The lowest BCUT2D eigenvalue weighted by molar-refractivity contribution is 0.0460. The summed E-state index contributed by atoms with van der Waals surface area (Å²) in [5.74, 6) is 5.99. The Hall–Kier alpha value is -4.20. The second-order valence-electron chi connectivity index (χ2n) is 9.36. The molecule has 1 amide bonds. The molecule has 2 aliphatic rings. The van der Waals surface area contributed by atoms with Crippen LogP contribution < -0.4 is 22.3 Å². The molecule has 1 aromatic heterocycles. The monoisotopic (exact) mass is 483 g/mol. The van der Waals surface area contributed by atoms with Crippen LogP contribution in [0.3, 0.4) is 0 Å². The summed E-state index contributed by atoms with van der Waals surface area (Å²) in [6.45, 7) is 4.36. The van der Waals surface area contributed by atoms with Crippen LogP contribution in [-0.4, -0.2) is 44.3 Å². The number of aromatic nitrogens is 2. The SMILES string of the molecule is C[C@@H]1C[C@H](N2Cc3cnc(Nc4ccc(C#N)cc4)nc3C2)CCN1C(=O)c1ccc(NN)c(N)c1. The van der Waals surface area contributed by atoms with E-state index < -0.39 is 0 Å². The molecule has 0 radical (unpaired) electrons. The van der Waals surface area contributed by atoms with Gasteiger partial charge in [-0.25, -0.2) is 9.97 Å². The zero-order valence-corrected chi connectivity index (χ0v) is 20.1. The third-order valence-electron chi connectivity index (χ3n) is 7.03. The number of fused-ring (bicyclic) bond motifs is 1. The van der Waals surface area contributed by atoms with Crippen molar-refractivity contribution in [3.63, 3.8) is 0 Å². The first-order valence-electron chi connectivity index (χ1n) is 12.0. The number of carbonyl (C=O) groups excluding carboxylic acids is 1. The minimum Gasteiger partial charge on any atom is -0.397 e. The molecule has 0 saturated carbocycles. The van der Waals surface area contributed by atoms with E-state index in [4.69, 9.17) is 21.8 Å². The Morgan fingerprint density at radius 1 is 1.19 bits per heavy atom. The van der Waals surface area contributed by atoms with Gasteiger partial charge >= 0.3 is 0 Å². The van der Waals surface area contributed by atoms with E-state index in [1.807, 2.05) is 23.2 Å². The van der Waals surface area contributed by atoms with Crippen LogP contribution in [0.15, 0.2) is 48.7 Å². The quantitative estimate of drug-likeness (QED) is 0.244. The van der Waals surface area contributed by atoms with E-state index in [0.717, 1.165) is 42.9 Å². The summed E-state index contributed by atoms with van der Waals surface area (Å²) in [4.78, 5) is 26.7. The standard InChI is InChI=1S/C26H29N9O/c1-16-10-21(8-9-35(16)25(36)18-4-7-23(33-29)22(28)11-18)34-14-19-13-30-26(32-24(19)15-34)31-20-5-2-17(12-27)3-6-20/h2-7,11,13,16,21,33H,8-10,14-15,28-29H2,1H3,(H,30,31,32)/t16-,21-/m1/s1. The van der Waals surface area contributed by atoms with Crippen molar-refractivity contribution in [3.8, 4) is 6.07 Å². The molecule has 0 bridgehead atoms. The molecule has 10 nitrogen and oxygen atoms in total. The van der Waals surface area contributed by atoms with Gasteiger partial charge in [-0.15, -0.1) is 0 Å². The molecule has 36 heavy (non-hydrogen) atoms. The van der Waals surface area contributed by atoms with Crippen molar-refractivity contribution in [2.45, 2.75) is 44.9 Å². The van der Waals surface area contributed by atoms with E-state index in [1.165, 1.54) is 0 Å². The third-order valence-corrected chi connectivity index (χ3v) is 7.03. The van der Waals surface area contributed by atoms with Crippen LogP contribution in [0.4, 0.5) is 23.0 Å². The number of nitriles is 1. The number of piperidine rings is 1. The number of nitrogens with zero attached hydrogens (tertiary/aromatic N) is 5. The maximum absolute atomic E-state index is 13.2. The molecular formula is C26H29N9O. The van der Waals surface area contributed by atoms with Gasteiger partial charge in [-0.2, -0.15) is 5.26 Å². The van der Waals surface area contributed by atoms with Gasteiger partial charge in [0.15, 0.2) is 0 Å². The molecule has 184 valence electrons. The number of hydrazine groups is 1. The van der Waals surface area contributed by atoms with Gasteiger partial charge in [0.05, 0.1) is 28.7 Å². The van der Waals surface area contributed by atoms with Crippen LogP contribution in [-0.2, 0) is 13.1 Å².